The standard InChI is InChI=1S/C22H21ClN2O2/c1-27-22(26)18-11-15-13-25-17-10-6-5-9-16(17)19(23)21(25)20(15)24(18)12-14-7-3-2-4-8-14/h2-10,15,18,20H,11-13H2,1H3/t15-,18-,20-/m0/s1. The summed E-state index contributed by atoms with van der Waals surface area (Å²) in [6, 6.07) is 18.5. The summed E-state index contributed by atoms with van der Waals surface area (Å²) in [5.74, 6) is 0.217. The van der Waals surface area contributed by atoms with Gasteiger partial charge in [0.1, 0.15) is 6.04 Å². The maximum atomic E-state index is 12.5. The van der Waals surface area contributed by atoms with Crippen molar-refractivity contribution in [3.8, 4) is 0 Å². The van der Waals surface area contributed by atoms with E-state index in [2.05, 4.69) is 39.8 Å². The van der Waals surface area contributed by atoms with Crippen LogP contribution in [-0.2, 0) is 22.6 Å². The van der Waals surface area contributed by atoms with Gasteiger partial charge in [0, 0.05) is 29.9 Å². The molecule has 0 bridgehead atoms. The minimum absolute atomic E-state index is 0.134. The second kappa shape index (κ2) is 6.39. The van der Waals surface area contributed by atoms with Gasteiger partial charge in [-0.15, -0.1) is 0 Å². The van der Waals surface area contributed by atoms with Crippen LogP contribution in [0.15, 0.2) is 54.6 Å². The fourth-order valence-electron chi connectivity index (χ4n) is 4.94. The number of carbonyl (C=O) groups is 1. The number of likely N-dealkylation sites (tertiary alicyclic amines) is 1. The molecule has 1 saturated heterocycles. The number of fused-ring (bicyclic) bond motifs is 5. The van der Waals surface area contributed by atoms with E-state index >= 15 is 0 Å². The van der Waals surface area contributed by atoms with E-state index in [1.165, 1.54) is 18.2 Å². The number of halogens is 1. The van der Waals surface area contributed by atoms with Gasteiger partial charge in [-0.1, -0.05) is 60.1 Å². The molecule has 5 rings (SSSR count). The zero-order valence-corrected chi connectivity index (χ0v) is 15.9. The largest absolute Gasteiger partial charge is 0.468 e. The normalized spacial score (nSPS) is 24.1. The molecule has 5 heteroatoms. The van der Waals surface area contributed by atoms with E-state index in [0.717, 1.165) is 29.1 Å². The van der Waals surface area contributed by atoms with Crippen LogP contribution >= 0.6 is 11.6 Å². The number of carbonyl (C=O) groups excluding carboxylic acids is 1. The zero-order valence-electron chi connectivity index (χ0n) is 15.1. The first-order valence-corrected chi connectivity index (χ1v) is 9.71. The molecule has 1 aromatic heterocycles. The van der Waals surface area contributed by atoms with Crippen LogP contribution in [0, 0.1) is 5.92 Å². The minimum atomic E-state index is -0.229. The van der Waals surface area contributed by atoms with Crippen LogP contribution in [-0.4, -0.2) is 28.6 Å². The molecule has 0 spiro atoms. The third-order valence-corrected chi connectivity index (χ3v) is 6.45. The number of ether oxygens (including phenoxy) is 1. The van der Waals surface area contributed by atoms with Gasteiger partial charge in [0.05, 0.1) is 23.9 Å². The molecule has 0 radical (unpaired) electrons. The fourth-order valence-corrected chi connectivity index (χ4v) is 5.32. The van der Waals surface area contributed by atoms with Crippen molar-refractivity contribution in [1.29, 1.82) is 0 Å². The number of benzene rings is 2. The summed E-state index contributed by atoms with van der Waals surface area (Å²) in [7, 11) is 1.47. The van der Waals surface area contributed by atoms with Crippen molar-refractivity contribution < 1.29 is 9.53 Å². The summed E-state index contributed by atoms with van der Waals surface area (Å²) in [6.45, 7) is 1.60. The molecule has 2 aromatic carbocycles. The number of nitrogens with zero attached hydrogens (tertiary/aromatic N) is 2. The molecule has 0 aliphatic carbocycles. The van der Waals surface area contributed by atoms with E-state index in [0.29, 0.717) is 12.5 Å². The Morgan fingerprint density at radius 2 is 1.89 bits per heavy atom. The third-order valence-electron chi connectivity index (χ3n) is 6.06. The number of rotatable bonds is 3. The molecule has 0 unspecified atom stereocenters. The molecule has 3 atom stereocenters. The quantitative estimate of drug-likeness (QED) is 0.631. The lowest BCUT2D eigenvalue weighted by Crippen LogP contribution is -2.38. The van der Waals surface area contributed by atoms with Gasteiger partial charge < -0.3 is 9.30 Å². The van der Waals surface area contributed by atoms with Gasteiger partial charge in [-0.3, -0.25) is 9.69 Å². The Hall–Kier alpha value is -2.30. The number of hydrogen-bond acceptors (Lipinski definition) is 3. The lowest BCUT2D eigenvalue weighted by Gasteiger charge is -2.28. The van der Waals surface area contributed by atoms with Crippen molar-refractivity contribution in [3.63, 3.8) is 0 Å². The highest BCUT2D eigenvalue weighted by atomic mass is 35.5. The summed E-state index contributed by atoms with van der Waals surface area (Å²) >= 11 is 6.83. The average Bonchev–Trinajstić information content (AvgIpc) is 3.32. The molecule has 4 nitrogen and oxygen atoms in total. The van der Waals surface area contributed by atoms with Gasteiger partial charge in [-0.25, -0.2) is 0 Å². The van der Waals surface area contributed by atoms with E-state index < -0.39 is 0 Å². The van der Waals surface area contributed by atoms with Gasteiger partial charge in [-0.05, 0) is 18.1 Å². The number of methoxy groups -OCH3 is 1. The van der Waals surface area contributed by atoms with E-state index in [1.807, 2.05) is 24.3 Å². The van der Waals surface area contributed by atoms with E-state index in [-0.39, 0.29) is 18.1 Å². The lowest BCUT2D eigenvalue weighted by atomic mass is 9.99. The van der Waals surface area contributed by atoms with Crippen molar-refractivity contribution >= 4 is 28.5 Å². The molecule has 3 heterocycles. The third kappa shape index (κ3) is 2.51. The molecule has 2 aliphatic heterocycles. The highest BCUT2D eigenvalue weighted by Crippen LogP contribution is 2.52. The average molecular weight is 381 g/mol. The van der Waals surface area contributed by atoms with E-state index in [1.54, 1.807) is 0 Å². The van der Waals surface area contributed by atoms with Crippen LogP contribution in [0.2, 0.25) is 5.02 Å². The van der Waals surface area contributed by atoms with Crippen LogP contribution in [0.4, 0.5) is 0 Å². The lowest BCUT2D eigenvalue weighted by molar-refractivity contribution is -0.146. The van der Waals surface area contributed by atoms with Gasteiger partial charge >= 0.3 is 5.97 Å². The van der Waals surface area contributed by atoms with Gasteiger partial charge in [0.2, 0.25) is 0 Å². The molecule has 1 fully saturated rings. The molecular weight excluding hydrogens is 360 g/mol. The predicted molar refractivity (Wildman–Crippen MR) is 106 cm³/mol. The molecule has 2 aliphatic rings. The maximum absolute atomic E-state index is 12.5. The first-order valence-electron chi connectivity index (χ1n) is 9.33. The molecule has 3 aromatic rings. The molecule has 138 valence electrons. The summed E-state index contributed by atoms with van der Waals surface area (Å²) in [5, 5.41) is 1.91. The number of para-hydroxylation sites is 1. The summed E-state index contributed by atoms with van der Waals surface area (Å²) in [4.78, 5) is 14.8. The van der Waals surface area contributed by atoms with Gasteiger partial charge in [-0.2, -0.15) is 0 Å². The Morgan fingerprint density at radius 3 is 2.67 bits per heavy atom. The smallest absolute Gasteiger partial charge is 0.323 e. The Bertz CT molecular complexity index is 1010. The van der Waals surface area contributed by atoms with Crippen molar-refractivity contribution in [2.45, 2.75) is 31.6 Å². The second-order valence-corrected chi connectivity index (χ2v) is 7.84. The summed E-state index contributed by atoms with van der Waals surface area (Å²) in [6.07, 6.45) is 0.802. The van der Waals surface area contributed by atoms with Crippen LogP contribution in [0.25, 0.3) is 10.9 Å². The van der Waals surface area contributed by atoms with Gasteiger partial charge in [0.15, 0.2) is 0 Å². The Balaban J connectivity index is 1.61. The van der Waals surface area contributed by atoms with Crippen LogP contribution in [0.1, 0.15) is 23.7 Å². The van der Waals surface area contributed by atoms with E-state index in [9.17, 15) is 4.79 Å². The van der Waals surface area contributed by atoms with Crippen molar-refractivity contribution in [2.24, 2.45) is 5.92 Å². The SMILES string of the molecule is COC(=O)[C@@H]1C[C@H]2Cn3c(c(Cl)c4ccccc43)[C@H]2N1Cc1ccccc1. The Labute approximate surface area is 163 Å². The molecule has 0 N–H and O–H groups in total. The zero-order chi connectivity index (χ0) is 18.5. The number of esters is 1. The monoisotopic (exact) mass is 380 g/mol. The van der Waals surface area contributed by atoms with Gasteiger partial charge in [0.25, 0.3) is 0 Å². The van der Waals surface area contributed by atoms with Crippen LogP contribution in [0.5, 0.6) is 0 Å². The van der Waals surface area contributed by atoms with E-state index in [4.69, 9.17) is 16.3 Å². The first-order chi connectivity index (χ1) is 13.2. The molecule has 0 saturated carbocycles. The molecule has 27 heavy (non-hydrogen) atoms. The topological polar surface area (TPSA) is 34.5 Å². The second-order valence-electron chi connectivity index (χ2n) is 7.46. The highest BCUT2D eigenvalue weighted by molar-refractivity contribution is 6.36. The van der Waals surface area contributed by atoms with Crippen LogP contribution < -0.4 is 0 Å². The molecule has 0 amide bonds. The van der Waals surface area contributed by atoms with Crippen molar-refractivity contribution in [1.82, 2.24) is 9.47 Å². The Morgan fingerprint density at radius 1 is 1.15 bits per heavy atom. The van der Waals surface area contributed by atoms with Crippen molar-refractivity contribution in [3.05, 3.63) is 70.9 Å². The fraction of sp³-hybridized carbons (Fsp3) is 0.318. The minimum Gasteiger partial charge on any atom is -0.468 e. The number of aromatic nitrogens is 1. The first kappa shape index (κ1) is 16.8. The van der Waals surface area contributed by atoms with Crippen LogP contribution in [0.3, 0.4) is 0 Å². The molecular formula is C22H21ClN2O2. The summed E-state index contributed by atoms with van der Waals surface area (Å²) in [5.41, 5.74) is 3.52. The van der Waals surface area contributed by atoms with Crippen molar-refractivity contribution in [2.75, 3.05) is 7.11 Å². The number of hydrogen-bond donors (Lipinski definition) is 0. The predicted octanol–water partition coefficient (Wildman–Crippen LogP) is 4.41. The summed E-state index contributed by atoms with van der Waals surface area (Å²) < 4.78 is 7.47. The maximum Gasteiger partial charge on any atom is 0.323 e. The highest BCUT2D eigenvalue weighted by Gasteiger charge is 2.51. The Kier molecular flexibility index (Phi) is 3.99.